The highest BCUT2D eigenvalue weighted by molar-refractivity contribution is 7.93. The number of halogens is 2. The van der Waals surface area contributed by atoms with Crippen LogP contribution in [0, 0.1) is 5.82 Å². The van der Waals surface area contributed by atoms with Gasteiger partial charge in [0.05, 0.1) is 29.9 Å². The number of fused-ring (bicyclic) bond motifs is 1. The first-order chi connectivity index (χ1) is 20.7. The summed E-state index contributed by atoms with van der Waals surface area (Å²) in [6, 6.07) is 14.4. The van der Waals surface area contributed by atoms with Gasteiger partial charge in [0, 0.05) is 29.2 Å². The van der Waals surface area contributed by atoms with Crippen LogP contribution in [0.2, 0.25) is 5.02 Å². The lowest BCUT2D eigenvalue weighted by Crippen LogP contribution is -2.55. The topological polar surface area (TPSA) is 105 Å². The smallest absolute Gasteiger partial charge is 0.271 e. The number of rotatable bonds is 9. The minimum Gasteiger partial charge on any atom is -0.497 e. The van der Waals surface area contributed by atoms with Crippen LogP contribution >= 0.6 is 11.6 Å². The van der Waals surface area contributed by atoms with Crippen molar-refractivity contribution in [2.45, 2.75) is 42.8 Å². The first-order valence-electron chi connectivity index (χ1n) is 13.9. The van der Waals surface area contributed by atoms with Gasteiger partial charge in [0.1, 0.15) is 17.8 Å². The maximum atomic E-state index is 16.3. The minimum absolute atomic E-state index is 0.0299. The summed E-state index contributed by atoms with van der Waals surface area (Å²) in [6.45, 7) is 3.41. The predicted molar refractivity (Wildman–Crippen MR) is 159 cm³/mol. The van der Waals surface area contributed by atoms with E-state index in [1.165, 1.54) is 62.0 Å². The Bertz CT molecular complexity index is 1770. The van der Waals surface area contributed by atoms with E-state index in [1.54, 1.807) is 18.2 Å². The van der Waals surface area contributed by atoms with Crippen molar-refractivity contribution in [1.82, 2.24) is 15.2 Å². The molecule has 4 aromatic rings. The van der Waals surface area contributed by atoms with Gasteiger partial charge >= 0.3 is 0 Å². The molecule has 3 aromatic carbocycles. The van der Waals surface area contributed by atoms with Crippen molar-refractivity contribution in [2.24, 2.45) is 0 Å². The van der Waals surface area contributed by atoms with Gasteiger partial charge in [-0.05, 0) is 79.5 Å². The molecule has 6 rings (SSSR count). The average molecular weight is 625 g/mol. The summed E-state index contributed by atoms with van der Waals surface area (Å²) in [7, 11) is -3.00. The molecule has 0 bridgehead atoms. The lowest BCUT2D eigenvalue weighted by Gasteiger charge is -2.41. The zero-order chi connectivity index (χ0) is 30.4. The molecule has 2 aliphatic rings. The molecule has 0 aliphatic carbocycles. The quantitative estimate of drug-likeness (QED) is 0.264. The molecule has 1 aromatic heterocycles. The fourth-order valence-electron chi connectivity index (χ4n) is 6.18. The van der Waals surface area contributed by atoms with Gasteiger partial charge < -0.3 is 14.5 Å². The molecule has 0 saturated carbocycles. The van der Waals surface area contributed by atoms with E-state index in [9.17, 15) is 8.42 Å². The van der Waals surface area contributed by atoms with Crippen LogP contribution in [0.15, 0.2) is 82.4 Å². The third-order valence-electron chi connectivity index (χ3n) is 8.08. The Morgan fingerprint density at radius 1 is 1.14 bits per heavy atom. The van der Waals surface area contributed by atoms with Crippen molar-refractivity contribution in [1.29, 1.82) is 0 Å². The first kappa shape index (κ1) is 29.3. The number of carbonyl (C=O) groups excluding carboxylic acids is 1. The van der Waals surface area contributed by atoms with Crippen LogP contribution in [0.4, 0.5) is 10.1 Å². The van der Waals surface area contributed by atoms with Gasteiger partial charge in [-0.1, -0.05) is 24.6 Å². The summed E-state index contributed by atoms with van der Waals surface area (Å²) in [4.78, 5) is 21.2. The molecule has 12 heteroatoms. The molecule has 1 N–H and O–H groups in total. The standard InChI is InChI=1S/C31H30ClFN4O5S/c1-3-34-19-20-6-12-26(33)24(17-20)31(36-15-4-5-28(36)29-35-14-16-42-29)25-18-21(32)7-13-27(25)37(30(31)38)43(39,40)23-10-8-22(41-2)9-11-23/h6-14,16-18,28,34H,3-5,15,19H2,1-2H3/t28-,31?/m0/s1. The average Bonchev–Trinajstić information content (AvgIpc) is 3.76. The summed E-state index contributed by atoms with van der Waals surface area (Å²) in [5, 5.41) is 3.51. The molecule has 1 amide bonds. The number of sulfonamides is 1. The zero-order valence-corrected chi connectivity index (χ0v) is 25.2. The molecule has 3 heterocycles. The third kappa shape index (κ3) is 4.71. The molecule has 2 atom stereocenters. The van der Waals surface area contributed by atoms with E-state index in [0.29, 0.717) is 44.1 Å². The van der Waals surface area contributed by atoms with Crippen LogP contribution in [0.5, 0.6) is 5.75 Å². The van der Waals surface area contributed by atoms with Crippen molar-refractivity contribution >= 4 is 33.2 Å². The van der Waals surface area contributed by atoms with Gasteiger partial charge in [-0.25, -0.2) is 22.1 Å². The number of nitrogens with one attached hydrogen (secondary N) is 1. The second-order valence-corrected chi connectivity index (χ2v) is 12.7. The molecule has 2 aliphatic heterocycles. The maximum absolute atomic E-state index is 16.3. The number of amides is 1. The number of carbonyl (C=O) groups is 1. The van der Waals surface area contributed by atoms with Crippen LogP contribution < -0.4 is 14.4 Å². The third-order valence-corrected chi connectivity index (χ3v) is 10.0. The van der Waals surface area contributed by atoms with E-state index in [1.807, 2.05) is 11.8 Å². The highest BCUT2D eigenvalue weighted by Gasteiger charge is 2.62. The van der Waals surface area contributed by atoms with Gasteiger partial charge in [-0.2, -0.15) is 0 Å². The van der Waals surface area contributed by atoms with E-state index in [4.69, 9.17) is 20.8 Å². The van der Waals surface area contributed by atoms with Crippen LogP contribution in [0.3, 0.4) is 0 Å². The van der Waals surface area contributed by atoms with E-state index < -0.39 is 33.3 Å². The summed E-state index contributed by atoms with van der Waals surface area (Å²) < 4.78 is 56.5. The van der Waals surface area contributed by atoms with Crippen LogP contribution in [-0.2, 0) is 26.9 Å². The lowest BCUT2D eigenvalue weighted by atomic mass is 9.80. The Labute approximate surface area is 254 Å². The van der Waals surface area contributed by atoms with Crippen molar-refractivity contribution in [3.8, 4) is 5.75 Å². The molecule has 0 radical (unpaired) electrons. The van der Waals surface area contributed by atoms with Gasteiger partial charge in [-0.3, -0.25) is 9.69 Å². The van der Waals surface area contributed by atoms with Crippen molar-refractivity contribution in [2.75, 3.05) is 24.5 Å². The van der Waals surface area contributed by atoms with E-state index in [2.05, 4.69) is 10.3 Å². The van der Waals surface area contributed by atoms with Crippen LogP contribution in [0.1, 0.15) is 48.4 Å². The molecule has 1 fully saturated rings. The Balaban J connectivity index is 1.64. The fraction of sp³-hybridized carbons (Fsp3) is 0.290. The van der Waals surface area contributed by atoms with E-state index in [0.717, 1.165) is 9.87 Å². The lowest BCUT2D eigenvalue weighted by molar-refractivity contribution is -0.127. The number of likely N-dealkylation sites (tertiary alicyclic amines) is 1. The van der Waals surface area contributed by atoms with Crippen molar-refractivity contribution in [3.63, 3.8) is 0 Å². The zero-order valence-electron chi connectivity index (χ0n) is 23.6. The van der Waals surface area contributed by atoms with Gasteiger partial charge in [0.15, 0.2) is 5.54 Å². The fourth-order valence-corrected chi connectivity index (χ4v) is 7.82. The number of hydrogen-bond acceptors (Lipinski definition) is 8. The normalized spacial score (nSPS) is 20.5. The van der Waals surface area contributed by atoms with E-state index >= 15 is 9.18 Å². The highest BCUT2D eigenvalue weighted by atomic mass is 35.5. The van der Waals surface area contributed by atoms with Gasteiger partial charge in [-0.15, -0.1) is 0 Å². The van der Waals surface area contributed by atoms with Gasteiger partial charge in [0.25, 0.3) is 15.9 Å². The van der Waals surface area contributed by atoms with Crippen molar-refractivity contribution in [3.05, 3.63) is 107 Å². The predicted octanol–water partition coefficient (Wildman–Crippen LogP) is 5.40. The summed E-state index contributed by atoms with van der Waals surface area (Å²) in [5.41, 5.74) is -0.777. The Morgan fingerprint density at radius 3 is 2.63 bits per heavy atom. The SMILES string of the molecule is CCNCc1ccc(F)c(C2(N3CCC[C@H]3c3ncco3)C(=O)N(S(=O)(=O)c3ccc(OC)cc3)c3ccc(Cl)cc32)c1. The molecule has 1 saturated heterocycles. The molecule has 1 unspecified atom stereocenters. The second kappa shape index (κ2) is 11.4. The van der Waals surface area contributed by atoms with Crippen molar-refractivity contribution < 1.29 is 26.8 Å². The number of anilines is 1. The van der Waals surface area contributed by atoms with Crippen LogP contribution in [-0.4, -0.2) is 44.4 Å². The Hall–Kier alpha value is -3.77. The number of nitrogens with zero attached hydrogens (tertiary/aromatic N) is 3. The molecule has 224 valence electrons. The number of benzene rings is 3. The molecule has 0 spiro atoms. The number of oxazole rings is 1. The molecule has 43 heavy (non-hydrogen) atoms. The first-order valence-corrected chi connectivity index (χ1v) is 15.7. The number of methoxy groups -OCH3 is 1. The highest BCUT2D eigenvalue weighted by Crippen LogP contribution is 2.55. The molecular formula is C31H30ClFN4O5S. The molecular weight excluding hydrogens is 595 g/mol. The number of hydrogen-bond donors (Lipinski definition) is 1. The summed E-state index contributed by atoms with van der Waals surface area (Å²) in [5.74, 6) is -0.674. The second-order valence-electron chi connectivity index (χ2n) is 10.4. The minimum atomic E-state index is -4.47. The monoisotopic (exact) mass is 624 g/mol. The largest absolute Gasteiger partial charge is 0.497 e. The van der Waals surface area contributed by atoms with E-state index in [-0.39, 0.29) is 26.7 Å². The molecule has 9 nitrogen and oxygen atoms in total. The van der Waals surface area contributed by atoms with Crippen LogP contribution in [0.25, 0.3) is 0 Å². The summed E-state index contributed by atoms with van der Waals surface area (Å²) in [6.07, 6.45) is 4.16. The Morgan fingerprint density at radius 2 is 1.93 bits per heavy atom. The maximum Gasteiger partial charge on any atom is 0.271 e. The number of ether oxygens (including phenoxy) is 1. The summed E-state index contributed by atoms with van der Waals surface area (Å²) >= 11 is 6.53. The Kier molecular flexibility index (Phi) is 7.76. The number of aromatic nitrogens is 1. The van der Waals surface area contributed by atoms with Gasteiger partial charge in [0.2, 0.25) is 5.89 Å².